The van der Waals surface area contributed by atoms with Crippen LogP contribution in [-0.2, 0) is 4.79 Å². The van der Waals surface area contributed by atoms with Gasteiger partial charge in [0.05, 0.1) is 6.04 Å². The number of hydrogen-bond acceptors (Lipinski definition) is 2. The van der Waals surface area contributed by atoms with Gasteiger partial charge < -0.3 is 11.1 Å². The van der Waals surface area contributed by atoms with Gasteiger partial charge in [-0.3, -0.25) is 4.79 Å². The Hall–Kier alpha value is -0.570. The van der Waals surface area contributed by atoms with E-state index < -0.39 is 0 Å². The molecule has 1 amide bonds. The molecule has 1 fully saturated rings. The second-order valence-corrected chi connectivity index (χ2v) is 1.36. The van der Waals surface area contributed by atoms with Crippen molar-refractivity contribution in [3.05, 3.63) is 0 Å². The lowest BCUT2D eigenvalue weighted by molar-refractivity contribution is -0.117. The highest BCUT2D eigenvalue weighted by Crippen LogP contribution is 1.91. The summed E-state index contributed by atoms with van der Waals surface area (Å²) in [6, 6.07) is -0.00926. The van der Waals surface area contributed by atoms with Crippen LogP contribution in [0.3, 0.4) is 0 Å². The van der Waals surface area contributed by atoms with Crippen LogP contribution in [0.25, 0.3) is 0 Å². The van der Waals surface area contributed by atoms with Crippen LogP contribution in [-0.4, -0.2) is 18.5 Å². The Morgan fingerprint density at radius 2 is 2.50 bits per heavy atom. The smallest absolute Gasteiger partial charge is 0.235 e. The summed E-state index contributed by atoms with van der Waals surface area (Å²) in [4.78, 5) is 9.92. The Bertz CT molecular complexity index is 76.9. The minimum Gasteiger partial charge on any atom is -0.368 e. The summed E-state index contributed by atoms with van der Waals surface area (Å²) in [7, 11) is 0. The van der Waals surface area contributed by atoms with Crippen LogP contribution in [0.1, 0.15) is 0 Å². The Labute approximate surface area is 35.5 Å². The molecular weight excluding hydrogens is 80.0 g/mol. The molecule has 1 atom stereocenters. The normalized spacial score (nSPS) is 29.7. The third kappa shape index (κ3) is 0.490. The van der Waals surface area contributed by atoms with Gasteiger partial charge in [0.15, 0.2) is 0 Å². The SMILES string of the molecule is NC(=O)C1CN1. The third-order valence-electron chi connectivity index (χ3n) is 0.752. The monoisotopic (exact) mass is 86.0 g/mol. The Morgan fingerprint density at radius 3 is 2.50 bits per heavy atom. The fourth-order valence-corrected chi connectivity index (χ4v) is 0.260. The van der Waals surface area contributed by atoms with Crippen molar-refractivity contribution in [3.63, 3.8) is 0 Å². The van der Waals surface area contributed by atoms with Crippen molar-refractivity contribution in [2.75, 3.05) is 6.54 Å². The molecule has 0 radical (unpaired) electrons. The van der Waals surface area contributed by atoms with Gasteiger partial charge in [-0.15, -0.1) is 0 Å². The molecule has 0 aromatic carbocycles. The standard InChI is InChI=1S/C3H6N2O/c4-3(6)2-1-5-2/h2,5H,1H2,(H2,4,6). The van der Waals surface area contributed by atoms with Crippen LogP contribution in [0.4, 0.5) is 0 Å². The van der Waals surface area contributed by atoms with E-state index in [1.807, 2.05) is 0 Å². The van der Waals surface area contributed by atoms with E-state index in [2.05, 4.69) is 5.32 Å². The maximum absolute atomic E-state index is 9.92. The summed E-state index contributed by atoms with van der Waals surface area (Å²) >= 11 is 0. The van der Waals surface area contributed by atoms with Gasteiger partial charge >= 0.3 is 0 Å². The van der Waals surface area contributed by atoms with Crippen LogP contribution < -0.4 is 11.1 Å². The molecule has 0 aliphatic carbocycles. The molecule has 0 spiro atoms. The van der Waals surface area contributed by atoms with Crippen LogP contribution in [0, 0.1) is 0 Å². The highest BCUT2D eigenvalue weighted by atomic mass is 16.1. The van der Waals surface area contributed by atoms with Crippen molar-refractivity contribution < 1.29 is 4.79 Å². The maximum Gasteiger partial charge on any atom is 0.235 e. The zero-order chi connectivity index (χ0) is 4.57. The van der Waals surface area contributed by atoms with Gasteiger partial charge in [-0.2, -0.15) is 0 Å². The van der Waals surface area contributed by atoms with Crippen LogP contribution in [0.2, 0.25) is 0 Å². The van der Waals surface area contributed by atoms with E-state index in [9.17, 15) is 4.79 Å². The van der Waals surface area contributed by atoms with E-state index in [4.69, 9.17) is 5.73 Å². The van der Waals surface area contributed by atoms with Gasteiger partial charge in [-0.1, -0.05) is 0 Å². The van der Waals surface area contributed by atoms with Crippen molar-refractivity contribution in [1.29, 1.82) is 0 Å². The molecule has 1 rings (SSSR count). The van der Waals surface area contributed by atoms with Gasteiger partial charge in [0.25, 0.3) is 0 Å². The summed E-state index contributed by atoms with van der Waals surface area (Å²) in [6.07, 6.45) is 0. The molecule has 3 heteroatoms. The van der Waals surface area contributed by atoms with E-state index in [-0.39, 0.29) is 11.9 Å². The van der Waals surface area contributed by atoms with Crippen LogP contribution in [0.5, 0.6) is 0 Å². The van der Waals surface area contributed by atoms with Crippen molar-refractivity contribution in [2.45, 2.75) is 6.04 Å². The predicted octanol–water partition coefficient (Wildman–Crippen LogP) is -1.56. The molecule has 34 valence electrons. The molecule has 1 aliphatic rings. The van der Waals surface area contributed by atoms with Gasteiger partial charge in [0, 0.05) is 6.54 Å². The summed E-state index contributed by atoms with van der Waals surface area (Å²) in [5.74, 6) is -0.241. The van der Waals surface area contributed by atoms with Crippen molar-refractivity contribution in [3.8, 4) is 0 Å². The molecule has 1 unspecified atom stereocenters. The van der Waals surface area contributed by atoms with Gasteiger partial charge in [0.1, 0.15) is 0 Å². The lowest BCUT2D eigenvalue weighted by Gasteiger charge is -1.75. The van der Waals surface area contributed by atoms with Gasteiger partial charge in [0.2, 0.25) is 5.91 Å². The maximum atomic E-state index is 9.92. The van der Waals surface area contributed by atoms with E-state index >= 15 is 0 Å². The topological polar surface area (TPSA) is 65.0 Å². The molecule has 0 bridgehead atoms. The fourth-order valence-electron chi connectivity index (χ4n) is 0.260. The lowest BCUT2D eigenvalue weighted by atomic mass is 10.5. The highest BCUT2D eigenvalue weighted by molar-refractivity contribution is 5.82. The lowest BCUT2D eigenvalue weighted by Crippen LogP contribution is -2.19. The number of nitrogens with two attached hydrogens (primary N) is 1. The first-order chi connectivity index (χ1) is 2.80. The molecule has 1 saturated heterocycles. The van der Waals surface area contributed by atoms with E-state index in [1.165, 1.54) is 0 Å². The second-order valence-electron chi connectivity index (χ2n) is 1.36. The first-order valence-corrected chi connectivity index (χ1v) is 1.83. The Balaban J connectivity index is 2.31. The molecule has 3 nitrogen and oxygen atoms in total. The zero-order valence-electron chi connectivity index (χ0n) is 3.27. The summed E-state index contributed by atoms with van der Waals surface area (Å²) in [5, 5.41) is 2.76. The largest absolute Gasteiger partial charge is 0.368 e. The second kappa shape index (κ2) is 0.944. The summed E-state index contributed by atoms with van der Waals surface area (Å²) < 4.78 is 0. The minimum absolute atomic E-state index is 0.00926. The minimum atomic E-state index is -0.241. The molecular formula is C3H6N2O. The summed E-state index contributed by atoms with van der Waals surface area (Å²) in [5.41, 5.74) is 4.80. The number of carbonyl (C=O) groups is 1. The molecule has 6 heavy (non-hydrogen) atoms. The number of amides is 1. The van der Waals surface area contributed by atoms with Crippen molar-refractivity contribution >= 4 is 5.91 Å². The number of rotatable bonds is 1. The van der Waals surface area contributed by atoms with Crippen molar-refractivity contribution in [1.82, 2.24) is 5.32 Å². The predicted molar refractivity (Wildman–Crippen MR) is 21.0 cm³/mol. The Kier molecular flexibility index (Phi) is 0.569. The molecule has 0 aromatic heterocycles. The molecule has 3 N–H and O–H groups in total. The van der Waals surface area contributed by atoms with Crippen molar-refractivity contribution in [2.24, 2.45) is 5.73 Å². The first-order valence-electron chi connectivity index (χ1n) is 1.83. The average Bonchev–Trinajstić information content (AvgIpc) is 2.06. The van der Waals surface area contributed by atoms with E-state index in [0.717, 1.165) is 6.54 Å². The number of nitrogens with one attached hydrogen (secondary N) is 1. The Morgan fingerprint density at radius 1 is 2.00 bits per heavy atom. The number of carbonyl (C=O) groups excluding carboxylic acids is 1. The van der Waals surface area contributed by atoms with E-state index in [1.54, 1.807) is 0 Å². The molecule has 0 aromatic rings. The highest BCUT2D eigenvalue weighted by Gasteiger charge is 2.25. The quantitative estimate of drug-likeness (QED) is 0.379. The molecule has 1 aliphatic heterocycles. The fraction of sp³-hybridized carbons (Fsp3) is 0.667. The van der Waals surface area contributed by atoms with Gasteiger partial charge in [-0.05, 0) is 0 Å². The summed E-state index contributed by atoms with van der Waals surface area (Å²) in [6.45, 7) is 0.773. The third-order valence-corrected chi connectivity index (χ3v) is 0.752. The van der Waals surface area contributed by atoms with Gasteiger partial charge in [-0.25, -0.2) is 0 Å². The van der Waals surface area contributed by atoms with Crippen LogP contribution in [0.15, 0.2) is 0 Å². The number of hydrogen-bond donors (Lipinski definition) is 2. The first kappa shape index (κ1) is 3.61. The average molecular weight is 86.1 g/mol. The number of primary amides is 1. The molecule has 1 heterocycles. The molecule has 0 saturated carbocycles. The zero-order valence-corrected chi connectivity index (χ0v) is 3.27. The van der Waals surface area contributed by atoms with E-state index in [0.29, 0.717) is 0 Å². The van der Waals surface area contributed by atoms with Crippen LogP contribution >= 0.6 is 0 Å².